The van der Waals surface area contributed by atoms with Gasteiger partial charge in [0.05, 0.1) is 0 Å². The van der Waals surface area contributed by atoms with Crippen LogP contribution in [-0.4, -0.2) is 18.0 Å². The van der Waals surface area contributed by atoms with Crippen molar-refractivity contribution in [3.63, 3.8) is 0 Å². The van der Waals surface area contributed by atoms with Crippen LogP contribution in [-0.2, 0) is 0 Å². The second-order valence-electron chi connectivity index (χ2n) is 5.71. The number of hydrogen-bond donors (Lipinski definition) is 3. The van der Waals surface area contributed by atoms with Crippen LogP contribution in [0.3, 0.4) is 0 Å². The maximum atomic E-state index is 12.5. The molecule has 0 unspecified atom stereocenters. The molecule has 0 bridgehead atoms. The van der Waals surface area contributed by atoms with E-state index in [1.807, 2.05) is 66.7 Å². The molecule has 0 radical (unpaired) electrons. The molecule has 3 aromatic carbocycles. The smallest absolute Gasteiger partial charge is 0.429 e. The van der Waals surface area contributed by atoms with Gasteiger partial charge in [-0.15, -0.1) is 0 Å². The first kappa shape index (κ1) is 14.5. The van der Waals surface area contributed by atoms with Crippen LogP contribution in [0.15, 0.2) is 72.8 Å². The molecule has 0 atom stereocenters. The summed E-state index contributed by atoms with van der Waals surface area (Å²) in [6.07, 6.45) is 0. The highest BCUT2D eigenvalue weighted by molar-refractivity contribution is 6.72. The molecular weight excluding hydrogens is 299 g/mol. The average molecular weight is 314 g/mol. The fourth-order valence-electron chi connectivity index (χ4n) is 2.96. The summed E-state index contributed by atoms with van der Waals surface area (Å²) in [6, 6.07) is 22.5. The number of amides is 1. The lowest BCUT2D eigenvalue weighted by atomic mass is 9.67. The minimum atomic E-state index is -0.738. The van der Waals surface area contributed by atoms with Crippen molar-refractivity contribution >= 4 is 29.8 Å². The highest BCUT2D eigenvalue weighted by atomic mass is 16.2. The normalized spacial score (nSPS) is 12.0. The minimum absolute atomic E-state index is 0.160. The third-order valence-corrected chi connectivity index (χ3v) is 4.15. The molecule has 4 rings (SSSR count). The zero-order valence-electron chi connectivity index (χ0n) is 12.9. The van der Waals surface area contributed by atoms with Gasteiger partial charge in [-0.05, 0) is 41.4 Å². The van der Waals surface area contributed by atoms with Gasteiger partial charge in [0.25, 0.3) is 5.91 Å². The molecule has 0 saturated carbocycles. The van der Waals surface area contributed by atoms with E-state index in [9.17, 15) is 9.82 Å². The highest BCUT2D eigenvalue weighted by Gasteiger charge is 2.27. The molecule has 1 amide bonds. The van der Waals surface area contributed by atoms with Crippen LogP contribution in [0.5, 0.6) is 0 Å². The summed E-state index contributed by atoms with van der Waals surface area (Å²) in [5.41, 5.74) is 4.81. The molecule has 3 N–H and O–H groups in total. The lowest BCUT2D eigenvalue weighted by molar-refractivity contribution is 0.102. The number of anilines is 2. The van der Waals surface area contributed by atoms with E-state index >= 15 is 0 Å². The predicted molar refractivity (Wildman–Crippen MR) is 97.5 cm³/mol. The SMILES string of the molecule is O=C(Nc1ccccc1)c1ccc2c(c1)-c1ccccc1B(O)N2. The van der Waals surface area contributed by atoms with Crippen molar-refractivity contribution in [2.45, 2.75) is 0 Å². The van der Waals surface area contributed by atoms with Gasteiger partial charge >= 0.3 is 7.05 Å². The molecule has 1 aliphatic rings. The Morgan fingerprint density at radius 1 is 0.917 bits per heavy atom. The Morgan fingerprint density at radius 3 is 2.50 bits per heavy atom. The van der Waals surface area contributed by atoms with Gasteiger partial charge in [0.15, 0.2) is 0 Å². The van der Waals surface area contributed by atoms with E-state index in [1.165, 1.54) is 0 Å². The first-order chi connectivity index (χ1) is 11.7. The van der Waals surface area contributed by atoms with Gasteiger partial charge in [0.2, 0.25) is 0 Å². The standard InChI is InChI=1S/C19H15BN2O2/c23-19(21-14-6-2-1-3-7-14)13-10-11-18-16(12-13)15-8-4-5-9-17(15)20(24)22-18/h1-12,22,24H,(H,21,23). The lowest BCUT2D eigenvalue weighted by Crippen LogP contribution is -2.42. The molecule has 1 aliphatic heterocycles. The van der Waals surface area contributed by atoms with E-state index in [2.05, 4.69) is 10.5 Å². The molecule has 5 heteroatoms. The van der Waals surface area contributed by atoms with Gasteiger partial charge in [-0.3, -0.25) is 4.79 Å². The molecule has 0 saturated heterocycles. The monoisotopic (exact) mass is 314 g/mol. The van der Waals surface area contributed by atoms with Gasteiger partial charge in [-0.1, -0.05) is 42.5 Å². The Labute approximate surface area is 140 Å². The third kappa shape index (κ3) is 2.55. The van der Waals surface area contributed by atoms with Gasteiger partial charge in [-0.25, -0.2) is 0 Å². The number of para-hydroxylation sites is 1. The zero-order chi connectivity index (χ0) is 16.5. The van der Waals surface area contributed by atoms with Gasteiger partial charge in [0.1, 0.15) is 0 Å². The van der Waals surface area contributed by atoms with Crippen molar-refractivity contribution in [2.24, 2.45) is 0 Å². The van der Waals surface area contributed by atoms with Crippen LogP contribution >= 0.6 is 0 Å². The van der Waals surface area contributed by atoms with Crippen molar-refractivity contribution in [3.05, 3.63) is 78.4 Å². The van der Waals surface area contributed by atoms with E-state index in [1.54, 1.807) is 6.07 Å². The molecule has 4 nitrogen and oxygen atoms in total. The molecule has 0 fully saturated rings. The van der Waals surface area contributed by atoms with Gasteiger partial charge in [-0.2, -0.15) is 0 Å². The van der Waals surface area contributed by atoms with Gasteiger partial charge < -0.3 is 15.6 Å². The number of hydrogen-bond acceptors (Lipinski definition) is 3. The van der Waals surface area contributed by atoms with E-state index in [4.69, 9.17) is 0 Å². The molecule has 0 spiro atoms. The molecule has 0 aromatic heterocycles. The van der Waals surface area contributed by atoms with Crippen LogP contribution in [0, 0.1) is 0 Å². The zero-order valence-corrected chi connectivity index (χ0v) is 12.9. The maximum absolute atomic E-state index is 12.5. The number of rotatable bonds is 2. The number of carbonyl (C=O) groups excluding carboxylic acids is 1. The van der Waals surface area contributed by atoms with Crippen molar-refractivity contribution in [2.75, 3.05) is 10.5 Å². The number of fused-ring (bicyclic) bond motifs is 3. The predicted octanol–water partition coefficient (Wildman–Crippen LogP) is 2.72. The Balaban J connectivity index is 1.70. The summed E-state index contributed by atoms with van der Waals surface area (Å²) >= 11 is 0. The summed E-state index contributed by atoms with van der Waals surface area (Å²) in [5, 5.41) is 16.1. The first-order valence-electron chi connectivity index (χ1n) is 7.77. The van der Waals surface area contributed by atoms with E-state index in [0.717, 1.165) is 28.0 Å². The van der Waals surface area contributed by atoms with Crippen molar-refractivity contribution in [3.8, 4) is 11.1 Å². The fourth-order valence-corrected chi connectivity index (χ4v) is 2.96. The Bertz CT molecular complexity index is 912. The second-order valence-corrected chi connectivity index (χ2v) is 5.71. The lowest BCUT2D eigenvalue weighted by Gasteiger charge is -2.24. The molecular formula is C19H15BN2O2. The molecule has 0 aliphatic carbocycles. The van der Waals surface area contributed by atoms with Crippen LogP contribution in [0.1, 0.15) is 10.4 Å². The average Bonchev–Trinajstić information content (AvgIpc) is 2.62. The number of nitrogens with one attached hydrogen (secondary N) is 2. The summed E-state index contributed by atoms with van der Waals surface area (Å²) in [6.45, 7) is 0. The number of benzene rings is 3. The minimum Gasteiger partial charge on any atom is -0.429 e. The summed E-state index contributed by atoms with van der Waals surface area (Å²) in [4.78, 5) is 12.5. The fraction of sp³-hybridized carbons (Fsp3) is 0. The largest absolute Gasteiger partial charge is 0.447 e. The third-order valence-electron chi connectivity index (χ3n) is 4.15. The van der Waals surface area contributed by atoms with Crippen molar-refractivity contribution in [1.29, 1.82) is 0 Å². The first-order valence-corrected chi connectivity index (χ1v) is 7.77. The maximum Gasteiger partial charge on any atom is 0.447 e. The van der Waals surface area contributed by atoms with E-state index in [-0.39, 0.29) is 5.91 Å². The molecule has 24 heavy (non-hydrogen) atoms. The highest BCUT2D eigenvalue weighted by Crippen LogP contribution is 2.31. The van der Waals surface area contributed by atoms with Gasteiger partial charge in [0, 0.05) is 22.5 Å². The summed E-state index contributed by atoms with van der Waals surface area (Å²) in [7, 11) is -0.738. The van der Waals surface area contributed by atoms with Crippen LogP contribution in [0.2, 0.25) is 0 Å². The molecule has 116 valence electrons. The Kier molecular flexibility index (Phi) is 3.56. The summed E-state index contributed by atoms with van der Waals surface area (Å²) in [5.74, 6) is -0.160. The Morgan fingerprint density at radius 2 is 1.67 bits per heavy atom. The quantitative estimate of drug-likeness (QED) is 0.637. The van der Waals surface area contributed by atoms with Crippen molar-refractivity contribution in [1.82, 2.24) is 0 Å². The summed E-state index contributed by atoms with van der Waals surface area (Å²) < 4.78 is 0. The number of carbonyl (C=O) groups is 1. The van der Waals surface area contributed by atoms with Crippen LogP contribution in [0.4, 0.5) is 11.4 Å². The van der Waals surface area contributed by atoms with Crippen LogP contribution < -0.4 is 16.0 Å². The topological polar surface area (TPSA) is 61.4 Å². The Hall–Kier alpha value is -3.05. The molecule has 3 aromatic rings. The van der Waals surface area contributed by atoms with E-state index in [0.29, 0.717) is 5.56 Å². The van der Waals surface area contributed by atoms with E-state index < -0.39 is 7.05 Å². The second kappa shape index (κ2) is 5.87. The van der Waals surface area contributed by atoms with Crippen LogP contribution in [0.25, 0.3) is 11.1 Å². The molecule has 1 heterocycles. The van der Waals surface area contributed by atoms with Crippen molar-refractivity contribution < 1.29 is 9.82 Å².